The highest BCUT2D eigenvalue weighted by Crippen LogP contribution is 2.20. The molecule has 14 heavy (non-hydrogen) atoms. The Balaban J connectivity index is 2.16. The lowest BCUT2D eigenvalue weighted by molar-refractivity contribution is 0.115. The van der Waals surface area contributed by atoms with Gasteiger partial charge >= 0.3 is 6.09 Å². The molecule has 2 rings (SSSR count). The molecule has 1 amide bonds. The molecule has 0 fully saturated rings. The Morgan fingerprint density at radius 1 is 1.71 bits per heavy atom. The van der Waals surface area contributed by atoms with Crippen molar-refractivity contribution in [3.8, 4) is 0 Å². The Morgan fingerprint density at radius 2 is 2.50 bits per heavy atom. The standard InChI is InChI=1S/C8H11N3O3/c1-13-8(12)11-3-2-5-6(4-11)14-7(9)10-5/h2-4H2,1H3,(H2,9,10). The molecule has 1 aliphatic rings. The number of carbonyl (C=O) groups excluding carboxylic acids is 1. The van der Waals surface area contributed by atoms with Gasteiger partial charge in [-0.3, -0.25) is 0 Å². The summed E-state index contributed by atoms with van der Waals surface area (Å²) in [4.78, 5) is 16.7. The zero-order chi connectivity index (χ0) is 10.1. The number of anilines is 1. The third-order valence-corrected chi connectivity index (χ3v) is 2.18. The molecule has 0 spiro atoms. The van der Waals surface area contributed by atoms with E-state index in [1.54, 1.807) is 4.90 Å². The Hall–Kier alpha value is -1.72. The molecule has 0 radical (unpaired) electrons. The Labute approximate surface area is 80.6 Å². The maximum atomic E-state index is 11.2. The van der Waals surface area contributed by atoms with Gasteiger partial charge in [0, 0.05) is 13.0 Å². The monoisotopic (exact) mass is 197 g/mol. The quantitative estimate of drug-likeness (QED) is 0.650. The highest BCUT2D eigenvalue weighted by molar-refractivity contribution is 5.67. The molecule has 0 saturated heterocycles. The SMILES string of the molecule is COC(=O)N1CCc2nc(N)oc2C1. The number of hydrogen-bond donors (Lipinski definition) is 1. The van der Waals surface area contributed by atoms with Crippen molar-refractivity contribution in [1.82, 2.24) is 9.88 Å². The van der Waals surface area contributed by atoms with Gasteiger partial charge in [-0.05, 0) is 0 Å². The van der Waals surface area contributed by atoms with Crippen LogP contribution in [-0.4, -0.2) is 29.6 Å². The second-order valence-electron chi connectivity index (χ2n) is 3.06. The van der Waals surface area contributed by atoms with Crippen LogP contribution >= 0.6 is 0 Å². The number of oxazole rings is 1. The summed E-state index contributed by atoms with van der Waals surface area (Å²) in [5.74, 6) is 0.652. The van der Waals surface area contributed by atoms with Crippen LogP contribution in [0.15, 0.2) is 4.42 Å². The first-order chi connectivity index (χ1) is 6.70. The van der Waals surface area contributed by atoms with Crippen LogP contribution in [0.5, 0.6) is 0 Å². The normalized spacial score (nSPS) is 15.1. The van der Waals surface area contributed by atoms with Gasteiger partial charge in [0.25, 0.3) is 6.01 Å². The molecule has 1 aliphatic heterocycles. The molecular weight excluding hydrogens is 186 g/mol. The topological polar surface area (TPSA) is 81.6 Å². The van der Waals surface area contributed by atoms with Crippen LogP contribution in [0.4, 0.5) is 10.8 Å². The van der Waals surface area contributed by atoms with Crippen LogP contribution in [0.3, 0.4) is 0 Å². The van der Waals surface area contributed by atoms with E-state index >= 15 is 0 Å². The predicted molar refractivity (Wildman–Crippen MR) is 47.4 cm³/mol. The minimum absolute atomic E-state index is 0.154. The second-order valence-corrected chi connectivity index (χ2v) is 3.06. The van der Waals surface area contributed by atoms with Crippen molar-refractivity contribution >= 4 is 12.1 Å². The molecule has 1 aromatic heterocycles. The van der Waals surface area contributed by atoms with Crippen LogP contribution < -0.4 is 5.73 Å². The van der Waals surface area contributed by atoms with E-state index in [-0.39, 0.29) is 12.1 Å². The molecule has 1 aromatic rings. The highest BCUT2D eigenvalue weighted by Gasteiger charge is 2.25. The zero-order valence-electron chi connectivity index (χ0n) is 7.82. The lowest BCUT2D eigenvalue weighted by Crippen LogP contribution is -2.35. The number of nitrogen functional groups attached to an aromatic ring is 1. The van der Waals surface area contributed by atoms with Crippen LogP contribution in [0, 0.1) is 0 Å². The number of ether oxygens (including phenoxy) is 1. The molecule has 0 aromatic carbocycles. The summed E-state index contributed by atoms with van der Waals surface area (Å²) in [6.07, 6.45) is 0.302. The van der Waals surface area contributed by atoms with Gasteiger partial charge in [-0.1, -0.05) is 0 Å². The van der Waals surface area contributed by atoms with E-state index in [4.69, 9.17) is 10.2 Å². The van der Waals surface area contributed by atoms with Gasteiger partial charge < -0.3 is 19.8 Å². The van der Waals surface area contributed by atoms with Crippen molar-refractivity contribution in [1.29, 1.82) is 0 Å². The van der Waals surface area contributed by atoms with E-state index in [1.165, 1.54) is 7.11 Å². The number of carbonyl (C=O) groups is 1. The van der Waals surface area contributed by atoms with Crippen LogP contribution in [0.2, 0.25) is 0 Å². The number of rotatable bonds is 0. The average molecular weight is 197 g/mol. The highest BCUT2D eigenvalue weighted by atomic mass is 16.5. The summed E-state index contributed by atoms with van der Waals surface area (Å²) >= 11 is 0. The fourth-order valence-electron chi connectivity index (χ4n) is 1.50. The van der Waals surface area contributed by atoms with Gasteiger partial charge in [0.05, 0.1) is 19.3 Å². The Morgan fingerprint density at radius 3 is 3.21 bits per heavy atom. The number of fused-ring (bicyclic) bond motifs is 1. The van der Waals surface area contributed by atoms with E-state index in [0.717, 1.165) is 5.69 Å². The van der Waals surface area contributed by atoms with Crippen LogP contribution in [0.1, 0.15) is 11.5 Å². The molecule has 76 valence electrons. The molecule has 0 unspecified atom stereocenters. The average Bonchev–Trinajstić information content (AvgIpc) is 2.55. The molecule has 0 aliphatic carbocycles. The number of nitrogens with zero attached hydrogens (tertiary/aromatic N) is 2. The fraction of sp³-hybridized carbons (Fsp3) is 0.500. The van der Waals surface area contributed by atoms with Crippen molar-refractivity contribution in [2.24, 2.45) is 0 Å². The molecule has 6 heteroatoms. The molecule has 0 bridgehead atoms. The molecule has 0 saturated carbocycles. The van der Waals surface area contributed by atoms with Gasteiger partial charge in [0.1, 0.15) is 5.76 Å². The fourth-order valence-corrected chi connectivity index (χ4v) is 1.50. The molecular formula is C8H11N3O3. The summed E-state index contributed by atoms with van der Waals surface area (Å²) in [5, 5.41) is 0. The summed E-state index contributed by atoms with van der Waals surface area (Å²) in [6, 6.07) is 0.154. The van der Waals surface area contributed by atoms with Gasteiger partial charge in [0.2, 0.25) is 0 Å². The number of hydrogen-bond acceptors (Lipinski definition) is 5. The number of nitrogens with two attached hydrogens (primary N) is 1. The summed E-state index contributed by atoms with van der Waals surface area (Å²) < 4.78 is 9.75. The van der Waals surface area contributed by atoms with E-state index < -0.39 is 0 Å². The first kappa shape index (κ1) is 8.86. The summed E-state index contributed by atoms with van der Waals surface area (Å²) in [6.45, 7) is 0.970. The number of amides is 1. The molecule has 2 N–H and O–H groups in total. The van der Waals surface area contributed by atoms with E-state index in [9.17, 15) is 4.79 Å². The molecule has 6 nitrogen and oxygen atoms in total. The van der Waals surface area contributed by atoms with Crippen molar-refractivity contribution < 1.29 is 13.9 Å². The van der Waals surface area contributed by atoms with Gasteiger partial charge in [0.15, 0.2) is 0 Å². The molecule has 0 atom stereocenters. The number of aromatic nitrogens is 1. The number of methoxy groups -OCH3 is 1. The zero-order valence-corrected chi connectivity index (χ0v) is 7.82. The van der Waals surface area contributed by atoms with Crippen molar-refractivity contribution in [2.45, 2.75) is 13.0 Å². The van der Waals surface area contributed by atoms with Crippen molar-refractivity contribution in [2.75, 3.05) is 19.4 Å². The van der Waals surface area contributed by atoms with Crippen molar-refractivity contribution in [3.05, 3.63) is 11.5 Å². The first-order valence-corrected chi connectivity index (χ1v) is 4.27. The largest absolute Gasteiger partial charge is 0.453 e. The maximum Gasteiger partial charge on any atom is 0.409 e. The maximum absolute atomic E-state index is 11.2. The Kier molecular flexibility index (Phi) is 2.03. The second kappa shape index (κ2) is 3.21. The lowest BCUT2D eigenvalue weighted by atomic mass is 10.2. The van der Waals surface area contributed by atoms with Gasteiger partial charge in [-0.2, -0.15) is 4.98 Å². The first-order valence-electron chi connectivity index (χ1n) is 4.27. The van der Waals surface area contributed by atoms with E-state index in [2.05, 4.69) is 9.72 Å². The summed E-state index contributed by atoms with van der Waals surface area (Å²) in [7, 11) is 1.35. The lowest BCUT2D eigenvalue weighted by Gasteiger charge is -2.23. The Bertz CT molecular complexity index is 361. The van der Waals surface area contributed by atoms with Crippen LogP contribution in [0.25, 0.3) is 0 Å². The summed E-state index contributed by atoms with van der Waals surface area (Å²) in [5.41, 5.74) is 6.24. The third kappa shape index (κ3) is 1.39. The van der Waals surface area contributed by atoms with Gasteiger partial charge in [-0.15, -0.1) is 0 Å². The van der Waals surface area contributed by atoms with E-state index in [0.29, 0.717) is 25.3 Å². The molecule has 2 heterocycles. The third-order valence-electron chi connectivity index (χ3n) is 2.18. The minimum atomic E-state index is -0.356. The predicted octanol–water partition coefficient (Wildman–Crippen LogP) is 0.381. The van der Waals surface area contributed by atoms with Crippen molar-refractivity contribution in [3.63, 3.8) is 0 Å². The smallest absolute Gasteiger partial charge is 0.409 e. The minimum Gasteiger partial charge on any atom is -0.453 e. The van der Waals surface area contributed by atoms with Gasteiger partial charge in [-0.25, -0.2) is 4.79 Å². The van der Waals surface area contributed by atoms with E-state index in [1.807, 2.05) is 0 Å². The van der Waals surface area contributed by atoms with Crippen LogP contribution in [-0.2, 0) is 17.7 Å².